The van der Waals surface area contributed by atoms with E-state index < -0.39 is 0 Å². The molecule has 0 aliphatic carbocycles. The number of aromatic nitrogens is 10. The molecule has 0 radical (unpaired) electrons. The normalized spacial score (nSPS) is 12.3. The van der Waals surface area contributed by atoms with E-state index in [1.807, 2.05) is 85.6 Å². The van der Waals surface area contributed by atoms with Gasteiger partial charge in [0.1, 0.15) is 11.5 Å². The second kappa shape index (κ2) is 41.3. The molecule has 14 heteroatoms. The fraction of sp³-hybridized carbons (Fsp3) is 0.159. The first-order valence-electron chi connectivity index (χ1n) is 43.4. The number of aromatic amines is 5. The Morgan fingerprint density at radius 2 is 0.496 bits per heavy atom. The zero-order valence-corrected chi connectivity index (χ0v) is 76.0. The molecule has 0 saturated carbocycles. The van der Waals surface area contributed by atoms with Crippen molar-refractivity contribution in [1.82, 2.24) is 49.8 Å². The van der Waals surface area contributed by atoms with Gasteiger partial charge in [0, 0.05) is 213 Å². The number of fused-ring (bicyclic) bond motifs is 5. The molecular weight excluding hydrogens is 1690 g/mol. The molecule has 10 heterocycles. The van der Waals surface area contributed by atoms with Gasteiger partial charge in [0.15, 0.2) is 0 Å². The van der Waals surface area contributed by atoms with E-state index in [9.17, 15) is 0 Å². The summed E-state index contributed by atoms with van der Waals surface area (Å²) in [6.07, 6.45) is 13.7. The summed E-state index contributed by atoms with van der Waals surface area (Å²) >= 11 is 7.17. The van der Waals surface area contributed by atoms with Gasteiger partial charge in [-0.15, -0.1) is 0 Å². The maximum atomic E-state index is 5.47. The summed E-state index contributed by atoms with van der Waals surface area (Å²) in [6, 6.07) is 116. The van der Waals surface area contributed by atoms with Gasteiger partial charge < -0.3 is 34.4 Å². The SMILES string of the molecule is COc1ccc(C(Cc2ccccn2)c2c(C)[nH]c3ccccc23)cc1.COc1cccc(C(Cc2ccccn2)c2c(C)[nH]c3ccccc23)c1.Cc1[nH]c2ccccc2c1C(Cc1ccccn1)c1ccc(Br)cc1.Cc1[nH]c2ccccc2c1C(Cc1ccccn1)c1cccc(Br)c1.Cc1ccc(C(Cc2ccccn2)c2c(C)[nH]c3ccccc23)cc1. The fourth-order valence-corrected chi connectivity index (χ4v) is 18.9. The van der Waals surface area contributed by atoms with Gasteiger partial charge in [-0.05, 0) is 237 Å². The number of methoxy groups -OCH3 is 2. The van der Waals surface area contributed by atoms with Crippen LogP contribution in [0.25, 0.3) is 54.5 Å². The lowest BCUT2D eigenvalue weighted by molar-refractivity contribution is 0.414. The van der Waals surface area contributed by atoms with E-state index in [1.54, 1.807) is 14.2 Å². The summed E-state index contributed by atoms with van der Waals surface area (Å²) in [6.45, 7) is 13.0. The standard InChI is InChI=1S/2C23H22N2O.C23H22N2.2C22H19BrN2/c1-16-23(20-11-3-4-12-22(20)25-16)21(15-18-9-5-6-13-24-18)17-8-7-10-19(14-17)26-2;1-16-23(20-8-3-4-9-22(20)25-16)21(15-18-7-5-6-14-24-18)17-10-12-19(26-2)13-11-17;1-16-10-12-18(13-11-16)21(15-19-7-5-6-14-24-19)23-17(2)25-22-9-4-3-8-20(22)23;1-15-22(19-10-2-3-11-21(19)25-15)20(14-18-9-4-5-12-24-18)16-7-6-8-17(23)13-16;1-15-22(19-7-2-3-8-21(19)25-15)20(14-18-6-4-5-13-24-18)16-9-11-17(23)12-10-16/h2*3-14,21,25H,15H2,1-2H3;3-14,21,25H,15H2,1-2H3;2*2-13,20,25H,14H2,1H3. The van der Waals surface area contributed by atoms with Crippen LogP contribution >= 0.6 is 31.9 Å². The quantitative estimate of drug-likeness (QED) is 0.0451. The van der Waals surface area contributed by atoms with Crippen LogP contribution in [0.15, 0.2) is 374 Å². The van der Waals surface area contributed by atoms with Crippen molar-refractivity contribution in [1.29, 1.82) is 0 Å². The first-order valence-corrected chi connectivity index (χ1v) is 45.0. The minimum Gasteiger partial charge on any atom is -0.497 e. The molecule has 0 saturated heterocycles. The van der Waals surface area contributed by atoms with Crippen molar-refractivity contribution in [3.05, 3.63) is 492 Å². The predicted molar refractivity (Wildman–Crippen MR) is 530 cm³/mol. The number of rotatable bonds is 22. The van der Waals surface area contributed by atoms with Crippen LogP contribution in [0, 0.1) is 41.5 Å². The van der Waals surface area contributed by atoms with Crippen LogP contribution in [0.4, 0.5) is 0 Å². The molecular formula is C113H104Br2N10O2. The second-order valence-electron chi connectivity index (χ2n) is 32.5. The zero-order valence-electron chi connectivity index (χ0n) is 72.9. The zero-order chi connectivity index (χ0) is 87.5. The third-order valence-corrected chi connectivity index (χ3v) is 25.2. The van der Waals surface area contributed by atoms with E-state index in [0.717, 1.165) is 81.0 Å². The summed E-state index contributed by atoms with van der Waals surface area (Å²) in [5.41, 5.74) is 32.1. The average molecular weight is 1790 g/mol. The number of hydrogen-bond acceptors (Lipinski definition) is 7. The summed E-state index contributed by atoms with van der Waals surface area (Å²) in [4.78, 5) is 40.5. The van der Waals surface area contributed by atoms with E-state index >= 15 is 0 Å². The largest absolute Gasteiger partial charge is 0.497 e. The summed E-state index contributed by atoms with van der Waals surface area (Å²) < 4.78 is 13.0. The second-order valence-corrected chi connectivity index (χ2v) is 34.3. The highest BCUT2D eigenvalue weighted by molar-refractivity contribution is 9.10. The van der Waals surface area contributed by atoms with Crippen molar-refractivity contribution in [2.45, 2.75) is 103 Å². The minimum absolute atomic E-state index is 0.205. The van der Waals surface area contributed by atoms with E-state index in [2.05, 4.69) is 402 Å². The van der Waals surface area contributed by atoms with Gasteiger partial charge >= 0.3 is 0 Å². The number of pyridine rings is 5. The molecule has 0 fully saturated rings. The van der Waals surface area contributed by atoms with Gasteiger partial charge in [0.2, 0.25) is 0 Å². The smallest absolute Gasteiger partial charge is 0.119 e. The van der Waals surface area contributed by atoms with E-state index in [-0.39, 0.29) is 29.6 Å². The number of aryl methyl sites for hydroxylation is 6. The molecule has 20 rings (SSSR count). The Bertz CT molecular complexity index is 6780. The lowest BCUT2D eigenvalue weighted by Crippen LogP contribution is -2.07. The summed E-state index contributed by atoms with van der Waals surface area (Å²) in [5.74, 6) is 2.99. The Balaban J connectivity index is 0.000000117. The molecule has 0 spiro atoms. The Morgan fingerprint density at radius 3 is 0.780 bits per heavy atom. The number of benzene rings is 10. The van der Waals surface area contributed by atoms with Gasteiger partial charge in [-0.1, -0.05) is 232 Å². The number of H-pyrrole nitrogens is 5. The molecule has 12 nitrogen and oxygen atoms in total. The topological polar surface area (TPSA) is 162 Å². The van der Waals surface area contributed by atoms with Gasteiger partial charge in [-0.2, -0.15) is 0 Å². The number of nitrogens with one attached hydrogen (secondary N) is 5. The Kier molecular flexibility index (Phi) is 28.2. The molecule has 0 aliphatic rings. The molecule has 632 valence electrons. The molecule has 5 unspecified atom stereocenters. The molecule has 5 N–H and O–H groups in total. The minimum atomic E-state index is 0.205. The molecule has 0 bridgehead atoms. The Labute approximate surface area is 760 Å². The van der Waals surface area contributed by atoms with Crippen molar-refractivity contribution in [2.75, 3.05) is 14.2 Å². The van der Waals surface area contributed by atoms with Crippen LogP contribution in [0.3, 0.4) is 0 Å². The molecule has 0 amide bonds. The maximum absolute atomic E-state index is 5.47. The van der Waals surface area contributed by atoms with Crippen molar-refractivity contribution in [3.8, 4) is 11.5 Å². The van der Waals surface area contributed by atoms with Crippen molar-refractivity contribution >= 4 is 86.4 Å². The van der Waals surface area contributed by atoms with Crippen LogP contribution in [0.2, 0.25) is 0 Å². The van der Waals surface area contributed by atoms with Crippen LogP contribution in [0.1, 0.15) is 148 Å². The highest BCUT2D eigenvalue weighted by Gasteiger charge is 2.28. The van der Waals surface area contributed by atoms with Gasteiger partial charge in [-0.3, -0.25) is 24.9 Å². The summed E-state index contributed by atoms with van der Waals surface area (Å²) in [7, 11) is 3.41. The van der Waals surface area contributed by atoms with Crippen LogP contribution in [-0.4, -0.2) is 64.1 Å². The van der Waals surface area contributed by atoms with Crippen LogP contribution in [0.5, 0.6) is 11.5 Å². The number of hydrogen-bond donors (Lipinski definition) is 5. The molecule has 0 aliphatic heterocycles. The lowest BCUT2D eigenvalue weighted by atomic mass is 9.85. The van der Waals surface area contributed by atoms with E-state index in [0.29, 0.717) is 0 Å². The van der Waals surface area contributed by atoms with Crippen molar-refractivity contribution < 1.29 is 9.47 Å². The third kappa shape index (κ3) is 20.9. The Morgan fingerprint density at radius 1 is 0.236 bits per heavy atom. The Hall–Kier alpha value is -13.8. The number of ether oxygens (including phenoxy) is 2. The van der Waals surface area contributed by atoms with E-state index in [4.69, 9.17) is 9.47 Å². The van der Waals surface area contributed by atoms with Crippen molar-refractivity contribution in [2.24, 2.45) is 0 Å². The first-order chi connectivity index (χ1) is 62.2. The van der Waals surface area contributed by atoms with Crippen LogP contribution in [-0.2, 0) is 32.1 Å². The van der Waals surface area contributed by atoms with Gasteiger partial charge in [0.25, 0.3) is 0 Å². The van der Waals surface area contributed by atoms with Gasteiger partial charge in [-0.25, -0.2) is 0 Å². The fourth-order valence-electron chi connectivity index (χ4n) is 18.2. The molecule has 20 aromatic rings. The van der Waals surface area contributed by atoms with E-state index in [1.165, 1.54) is 144 Å². The molecule has 10 aromatic carbocycles. The van der Waals surface area contributed by atoms with Crippen LogP contribution < -0.4 is 9.47 Å². The van der Waals surface area contributed by atoms with Crippen molar-refractivity contribution in [3.63, 3.8) is 0 Å². The number of nitrogens with zero attached hydrogens (tertiary/aromatic N) is 5. The number of halogens is 2. The number of para-hydroxylation sites is 5. The molecule has 127 heavy (non-hydrogen) atoms. The molecule has 5 atom stereocenters. The summed E-state index contributed by atoms with van der Waals surface area (Å²) in [5, 5.41) is 6.45. The highest BCUT2D eigenvalue weighted by atomic mass is 79.9. The molecule has 10 aromatic heterocycles. The third-order valence-electron chi connectivity index (χ3n) is 24.2. The predicted octanol–water partition coefficient (Wildman–Crippen LogP) is 28.1. The maximum Gasteiger partial charge on any atom is 0.119 e. The average Bonchev–Trinajstić information content (AvgIpc) is 1.67. The monoisotopic (exact) mass is 1790 g/mol. The lowest BCUT2D eigenvalue weighted by Gasteiger charge is -2.19. The highest BCUT2D eigenvalue weighted by Crippen LogP contribution is 2.43. The van der Waals surface area contributed by atoms with Gasteiger partial charge in [0.05, 0.1) is 14.2 Å². The first kappa shape index (κ1) is 86.7.